The van der Waals surface area contributed by atoms with Crippen LogP contribution in [-0.4, -0.2) is 18.9 Å². The van der Waals surface area contributed by atoms with Gasteiger partial charge in [-0.1, -0.05) is 24.3 Å². The highest BCUT2D eigenvalue weighted by Gasteiger charge is 2.20. The third-order valence-corrected chi connectivity index (χ3v) is 3.42. The maximum absolute atomic E-state index is 12.1. The molecule has 0 saturated carbocycles. The van der Waals surface area contributed by atoms with E-state index in [0.29, 0.717) is 12.2 Å². The molecule has 1 fully saturated rings. The Morgan fingerprint density at radius 2 is 1.94 bits per heavy atom. The van der Waals surface area contributed by atoms with Gasteiger partial charge in [-0.2, -0.15) is 0 Å². The van der Waals surface area contributed by atoms with Crippen LogP contribution >= 0.6 is 12.4 Å². The minimum atomic E-state index is 0. The van der Waals surface area contributed by atoms with Crippen LogP contribution < -0.4 is 5.32 Å². The fourth-order valence-corrected chi connectivity index (χ4v) is 2.28. The molecule has 0 bridgehead atoms. The summed E-state index contributed by atoms with van der Waals surface area (Å²) in [4.78, 5) is 12.1. The second kappa shape index (κ2) is 6.77. The van der Waals surface area contributed by atoms with E-state index in [4.69, 9.17) is 0 Å². The van der Waals surface area contributed by atoms with E-state index in [2.05, 4.69) is 24.4 Å². The number of Topliss-reactive ketones (excluding diaryl/α,β-unsaturated/α-hetero) is 1. The van der Waals surface area contributed by atoms with Crippen molar-refractivity contribution in [3.63, 3.8) is 0 Å². The molecule has 1 aromatic carbocycles. The highest BCUT2D eigenvalue weighted by atomic mass is 35.5. The normalized spacial score (nSPS) is 16.3. The summed E-state index contributed by atoms with van der Waals surface area (Å²) in [5, 5.41) is 3.29. The van der Waals surface area contributed by atoms with Crippen molar-refractivity contribution >= 4 is 18.2 Å². The van der Waals surface area contributed by atoms with Gasteiger partial charge in [0.2, 0.25) is 0 Å². The summed E-state index contributed by atoms with van der Waals surface area (Å²) in [7, 11) is 0. The molecule has 0 aliphatic carbocycles. The third-order valence-electron chi connectivity index (χ3n) is 3.42. The van der Waals surface area contributed by atoms with E-state index >= 15 is 0 Å². The number of benzene rings is 1. The molecule has 0 aromatic heterocycles. The summed E-state index contributed by atoms with van der Waals surface area (Å²) < 4.78 is 0. The zero-order valence-corrected chi connectivity index (χ0v) is 11.1. The highest BCUT2D eigenvalue weighted by molar-refractivity contribution is 5.85. The first-order chi connectivity index (χ1) is 7.77. The fraction of sp³-hybridized carbons (Fsp3) is 0.500. The number of rotatable bonds is 3. The molecule has 0 atom stereocenters. The molecule has 2 rings (SSSR count). The lowest BCUT2D eigenvalue weighted by Crippen LogP contribution is -2.32. The standard InChI is InChI=1S/C14H19NO.ClH/c1-11-4-2-3-5-13(11)10-14(16)12-6-8-15-9-7-12;/h2-5,12,15H,6-10H2,1H3;1H. The lowest BCUT2D eigenvalue weighted by molar-refractivity contribution is -0.122. The van der Waals surface area contributed by atoms with E-state index in [0.717, 1.165) is 25.9 Å². The summed E-state index contributed by atoms with van der Waals surface area (Å²) in [5.41, 5.74) is 2.41. The molecule has 94 valence electrons. The van der Waals surface area contributed by atoms with Crippen molar-refractivity contribution in [1.82, 2.24) is 5.32 Å². The SMILES string of the molecule is Cc1ccccc1CC(=O)C1CCNCC1.Cl. The van der Waals surface area contributed by atoms with Gasteiger partial charge in [-0.3, -0.25) is 4.79 Å². The summed E-state index contributed by atoms with van der Waals surface area (Å²) in [6.07, 6.45) is 2.62. The van der Waals surface area contributed by atoms with Crippen molar-refractivity contribution in [3.8, 4) is 0 Å². The monoisotopic (exact) mass is 253 g/mol. The Kier molecular flexibility index (Phi) is 5.66. The van der Waals surface area contributed by atoms with E-state index < -0.39 is 0 Å². The van der Waals surface area contributed by atoms with Crippen LogP contribution in [0.5, 0.6) is 0 Å². The number of ketones is 1. The number of aryl methyl sites for hydroxylation is 1. The van der Waals surface area contributed by atoms with Crippen LogP contribution in [0.3, 0.4) is 0 Å². The first-order valence-corrected chi connectivity index (χ1v) is 6.05. The molecule has 0 amide bonds. The van der Waals surface area contributed by atoms with Crippen LogP contribution in [0.25, 0.3) is 0 Å². The highest BCUT2D eigenvalue weighted by Crippen LogP contribution is 2.17. The average molecular weight is 254 g/mol. The first kappa shape index (κ1) is 14.2. The Labute approximate surface area is 109 Å². The van der Waals surface area contributed by atoms with Gasteiger partial charge >= 0.3 is 0 Å². The van der Waals surface area contributed by atoms with Gasteiger partial charge in [-0.15, -0.1) is 12.4 Å². The maximum atomic E-state index is 12.1. The molecule has 1 heterocycles. The maximum Gasteiger partial charge on any atom is 0.140 e. The Balaban J connectivity index is 0.00000144. The number of piperidine rings is 1. The minimum absolute atomic E-state index is 0. The van der Waals surface area contributed by atoms with Crippen molar-refractivity contribution in [1.29, 1.82) is 0 Å². The molecule has 1 saturated heterocycles. The van der Waals surface area contributed by atoms with Gasteiger partial charge in [-0.25, -0.2) is 0 Å². The van der Waals surface area contributed by atoms with Gasteiger partial charge < -0.3 is 5.32 Å². The summed E-state index contributed by atoms with van der Waals surface area (Å²) in [6.45, 7) is 4.05. The number of hydrogen-bond acceptors (Lipinski definition) is 2. The van der Waals surface area contributed by atoms with Gasteiger partial charge in [0.05, 0.1) is 0 Å². The van der Waals surface area contributed by atoms with E-state index in [9.17, 15) is 4.79 Å². The molecule has 3 heteroatoms. The third kappa shape index (κ3) is 3.83. The van der Waals surface area contributed by atoms with Crippen LogP contribution in [0.2, 0.25) is 0 Å². The van der Waals surface area contributed by atoms with Crippen LogP contribution in [0, 0.1) is 12.8 Å². The molecule has 1 aliphatic heterocycles. The molecule has 1 N–H and O–H groups in total. The first-order valence-electron chi connectivity index (χ1n) is 6.05. The minimum Gasteiger partial charge on any atom is -0.317 e. The molecular weight excluding hydrogens is 234 g/mol. The lowest BCUT2D eigenvalue weighted by Gasteiger charge is -2.21. The van der Waals surface area contributed by atoms with Crippen molar-refractivity contribution < 1.29 is 4.79 Å². The Morgan fingerprint density at radius 1 is 1.29 bits per heavy atom. The zero-order chi connectivity index (χ0) is 11.4. The van der Waals surface area contributed by atoms with Gasteiger partial charge in [0.1, 0.15) is 5.78 Å². The van der Waals surface area contributed by atoms with Crippen LogP contribution in [0.1, 0.15) is 24.0 Å². The summed E-state index contributed by atoms with van der Waals surface area (Å²) >= 11 is 0. The molecule has 0 unspecified atom stereocenters. The van der Waals surface area contributed by atoms with Crippen molar-refractivity contribution in [2.45, 2.75) is 26.2 Å². The summed E-state index contributed by atoms with van der Waals surface area (Å²) in [6, 6.07) is 8.17. The van der Waals surface area contributed by atoms with E-state index in [-0.39, 0.29) is 18.3 Å². The lowest BCUT2D eigenvalue weighted by atomic mass is 9.89. The molecule has 0 radical (unpaired) electrons. The second-order valence-corrected chi connectivity index (χ2v) is 4.59. The van der Waals surface area contributed by atoms with E-state index in [1.807, 2.05) is 12.1 Å². The number of carbonyl (C=O) groups is 1. The molecule has 0 spiro atoms. The molecule has 1 aliphatic rings. The average Bonchev–Trinajstić information content (AvgIpc) is 2.33. The Hall–Kier alpha value is -0.860. The van der Waals surface area contributed by atoms with Crippen molar-refractivity contribution in [2.24, 2.45) is 5.92 Å². The molecular formula is C14H20ClNO. The second-order valence-electron chi connectivity index (χ2n) is 4.59. The van der Waals surface area contributed by atoms with Crippen molar-refractivity contribution in [3.05, 3.63) is 35.4 Å². The smallest absolute Gasteiger partial charge is 0.140 e. The van der Waals surface area contributed by atoms with E-state index in [1.54, 1.807) is 0 Å². The molecule has 17 heavy (non-hydrogen) atoms. The molecule has 2 nitrogen and oxygen atoms in total. The number of halogens is 1. The van der Waals surface area contributed by atoms with Crippen LogP contribution in [0.15, 0.2) is 24.3 Å². The zero-order valence-electron chi connectivity index (χ0n) is 10.2. The molecule has 1 aromatic rings. The van der Waals surface area contributed by atoms with Crippen LogP contribution in [-0.2, 0) is 11.2 Å². The Bertz CT molecular complexity index is 372. The van der Waals surface area contributed by atoms with Gasteiger partial charge in [0, 0.05) is 12.3 Å². The largest absolute Gasteiger partial charge is 0.317 e. The quantitative estimate of drug-likeness (QED) is 0.897. The summed E-state index contributed by atoms with van der Waals surface area (Å²) in [5.74, 6) is 0.691. The topological polar surface area (TPSA) is 29.1 Å². The number of carbonyl (C=O) groups excluding carboxylic acids is 1. The van der Waals surface area contributed by atoms with E-state index in [1.165, 1.54) is 11.1 Å². The van der Waals surface area contributed by atoms with Crippen LogP contribution in [0.4, 0.5) is 0 Å². The predicted octanol–water partition coefficient (Wildman–Crippen LogP) is 2.53. The number of nitrogens with one attached hydrogen (secondary N) is 1. The predicted molar refractivity (Wildman–Crippen MR) is 72.7 cm³/mol. The fourth-order valence-electron chi connectivity index (χ4n) is 2.28. The van der Waals surface area contributed by atoms with Gasteiger partial charge in [0.25, 0.3) is 0 Å². The number of hydrogen-bond donors (Lipinski definition) is 1. The van der Waals surface area contributed by atoms with Gasteiger partial charge in [0.15, 0.2) is 0 Å². The van der Waals surface area contributed by atoms with Gasteiger partial charge in [-0.05, 0) is 44.0 Å². The van der Waals surface area contributed by atoms with Crippen molar-refractivity contribution in [2.75, 3.05) is 13.1 Å². The Morgan fingerprint density at radius 3 is 2.59 bits per heavy atom.